The summed E-state index contributed by atoms with van der Waals surface area (Å²) < 4.78 is 5.29. The van der Waals surface area contributed by atoms with E-state index in [0.29, 0.717) is 32.6 Å². The van der Waals surface area contributed by atoms with E-state index in [4.69, 9.17) is 15.7 Å². The number of rotatable bonds is 4. The lowest BCUT2D eigenvalue weighted by atomic mass is 9.77. The van der Waals surface area contributed by atoms with Crippen molar-refractivity contribution in [1.29, 1.82) is 0 Å². The molecular formula is C14H20N4O3. The molecule has 1 aliphatic rings. The first-order valence-electron chi connectivity index (χ1n) is 6.81. The number of nitrogens with zero attached hydrogens (tertiary/aromatic N) is 3. The first-order chi connectivity index (χ1) is 10.1. The van der Waals surface area contributed by atoms with Gasteiger partial charge in [-0.25, -0.2) is 0 Å². The van der Waals surface area contributed by atoms with Gasteiger partial charge in [0.25, 0.3) is 0 Å². The van der Waals surface area contributed by atoms with E-state index in [2.05, 4.69) is 10.1 Å². The van der Waals surface area contributed by atoms with Crippen molar-refractivity contribution in [2.24, 2.45) is 16.3 Å². The molecule has 7 nitrogen and oxygen atoms in total. The molecule has 1 fully saturated rings. The Balaban J connectivity index is 2.18. The largest absolute Gasteiger partial charge is 0.409 e. The van der Waals surface area contributed by atoms with Gasteiger partial charge in [0.2, 0.25) is 5.91 Å². The molecule has 0 aliphatic carbocycles. The van der Waals surface area contributed by atoms with Crippen LogP contribution in [0.5, 0.6) is 0 Å². The number of ether oxygens (including phenoxy) is 1. The van der Waals surface area contributed by atoms with E-state index in [1.165, 1.54) is 0 Å². The van der Waals surface area contributed by atoms with Gasteiger partial charge in [0, 0.05) is 26.5 Å². The highest BCUT2D eigenvalue weighted by Gasteiger charge is 2.46. The quantitative estimate of drug-likeness (QED) is 0.366. The maximum absolute atomic E-state index is 12.8. The fraction of sp³-hybridized carbons (Fsp3) is 0.500. The standard InChI is InChI=1S/C14H20N4O3/c1-18(10-11-4-2-3-7-16-11)13(19)14(12(15)17-20)5-8-21-9-6-14/h2-4,7,20H,5-6,8-10H2,1H3,(H2,15,17). The van der Waals surface area contributed by atoms with Crippen molar-refractivity contribution in [3.8, 4) is 0 Å². The molecule has 0 radical (unpaired) electrons. The summed E-state index contributed by atoms with van der Waals surface area (Å²) in [5, 5.41) is 12.1. The topological polar surface area (TPSA) is 101 Å². The molecule has 7 heteroatoms. The fourth-order valence-electron chi connectivity index (χ4n) is 2.57. The van der Waals surface area contributed by atoms with Gasteiger partial charge in [0.1, 0.15) is 5.41 Å². The second-order valence-corrected chi connectivity index (χ2v) is 5.16. The highest BCUT2D eigenvalue weighted by Crippen LogP contribution is 2.33. The third kappa shape index (κ3) is 3.13. The molecule has 2 heterocycles. The Labute approximate surface area is 123 Å². The number of carbonyl (C=O) groups is 1. The molecule has 114 valence electrons. The van der Waals surface area contributed by atoms with Crippen molar-refractivity contribution < 1.29 is 14.7 Å². The van der Waals surface area contributed by atoms with Crippen LogP contribution < -0.4 is 5.73 Å². The van der Waals surface area contributed by atoms with Crippen LogP contribution in [0.25, 0.3) is 0 Å². The summed E-state index contributed by atoms with van der Waals surface area (Å²) in [6.07, 6.45) is 2.50. The molecule has 0 unspecified atom stereocenters. The van der Waals surface area contributed by atoms with E-state index in [-0.39, 0.29) is 11.7 Å². The zero-order valence-corrected chi connectivity index (χ0v) is 12.0. The lowest BCUT2D eigenvalue weighted by Gasteiger charge is -2.37. The molecule has 0 saturated carbocycles. The average molecular weight is 292 g/mol. The van der Waals surface area contributed by atoms with Gasteiger partial charge in [-0.15, -0.1) is 0 Å². The highest BCUT2D eigenvalue weighted by molar-refractivity contribution is 6.06. The van der Waals surface area contributed by atoms with Gasteiger partial charge in [0.05, 0.1) is 12.2 Å². The third-order valence-corrected chi connectivity index (χ3v) is 3.83. The first-order valence-corrected chi connectivity index (χ1v) is 6.81. The monoisotopic (exact) mass is 292 g/mol. The van der Waals surface area contributed by atoms with Gasteiger partial charge in [-0.1, -0.05) is 11.2 Å². The van der Waals surface area contributed by atoms with E-state index < -0.39 is 5.41 Å². The Morgan fingerprint density at radius 2 is 2.24 bits per heavy atom. The fourth-order valence-corrected chi connectivity index (χ4v) is 2.57. The number of amidine groups is 1. The maximum Gasteiger partial charge on any atom is 0.236 e. The smallest absolute Gasteiger partial charge is 0.236 e. The van der Waals surface area contributed by atoms with Gasteiger partial charge in [-0.3, -0.25) is 9.78 Å². The van der Waals surface area contributed by atoms with Crippen molar-refractivity contribution in [2.45, 2.75) is 19.4 Å². The SMILES string of the molecule is CN(Cc1ccccn1)C(=O)C1(C(N)=NO)CCOCC1. The molecule has 1 aliphatic heterocycles. The predicted octanol–water partition coefficient (Wildman–Crippen LogP) is 0.583. The van der Waals surface area contributed by atoms with Crippen LogP contribution in [0.3, 0.4) is 0 Å². The Kier molecular flexibility index (Phi) is 4.74. The Morgan fingerprint density at radius 1 is 1.52 bits per heavy atom. The minimum atomic E-state index is -0.990. The van der Waals surface area contributed by atoms with Crippen molar-refractivity contribution in [1.82, 2.24) is 9.88 Å². The molecule has 3 N–H and O–H groups in total. The van der Waals surface area contributed by atoms with Gasteiger partial charge in [-0.05, 0) is 25.0 Å². The van der Waals surface area contributed by atoms with Crippen LogP contribution in [0.4, 0.5) is 0 Å². The zero-order valence-electron chi connectivity index (χ0n) is 12.0. The van der Waals surface area contributed by atoms with Crippen LogP contribution in [-0.2, 0) is 16.1 Å². The molecular weight excluding hydrogens is 272 g/mol. The number of hydrogen-bond acceptors (Lipinski definition) is 5. The van der Waals surface area contributed by atoms with Gasteiger partial charge >= 0.3 is 0 Å². The molecule has 1 saturated heterocycles. The molecule has 0 atom stereocenters. The summed E-state index contributed by atoms with van der Waals surface area (Å²) in [5.41, 5.74) is 5.59. The number of nitrogens with two attached hydrogens (primary N) is 1. The average Bonchev–Trinajstić information content (AvgIpc) is 2.54. The number of carbonyl (C=O) groups excluding carboxylic acids is 1. The van der Waals surface area contributed by atoms with E-state index in [1.807, 2.05) is 18.2 Å². The molecule has 2 rings (SSSR count). The Hall–Kier alpha value is -2.15. The molecule has 0 spiro atoms. The predicted molar refractivity (Wildman–Crippen MR) is 76.6 cm³/mol. The number of hydrogen-bond donors (Lipinski definition) is 2. The van der Waals surface area contributed by atoms with Crippen LogP contribution in [0, 0.1) is 5.41 Å². The van der Waals surface area contributed by atoms with Crippen molar-refractivity contribution in [3.63, 3.8) is 0 Å². The van der Waals surface area contributed by atoms with Crippen LogP contribution in [0.1, 0.15) is 18.5 Å². The van der Waals surface area contributed by atoms with Crippen molar-refractivity contribution >= 4 is 11.7 Å². The molecule has 1 aromatic heterocycles. The van der Waals surface area contributed by atoms with Crippen LogP contribution in [-0.4, -0.2) is 47.1 Å². The van der Waals surface area contributed by atoms with E-state index in [1.54, 1.807) is 18.1 Å². The highest BCUT2D eigenvalue weighted by atomic mass is 16.5. The lowest BCUT2D eigenvalue weighted by Crippen LogP contribution is -2.53. The third-order valence-electron chi connectivity index (χ3n) is 3.83. The summed E-state index contributed by atoms with van der Waals surface area (Å²) >= 11 is 0. The zero-order chi connectivity index (χ0) is 15.3. The number of oxime groups is 1. The van der Waals surface area contributed by atoms with Crippen LogP contribution in [0.2, 0.25) is 0 Å². The van der Waals surface area contributed by atoms with Crippen LogP contribution in [0.15, 0.2) is 29.6 Å². The van der Waals surface area contributed by atoms with Gasteiger partial charge in [-0.2, -0.15) is 0 Å². The normalized spacial score (nSPS) is 18.2. The van der Waals surface area contributed by atoms with Crippen molar-refractivity contribution in [2.75, 3.05) is 20.3 Å². The number of pyridine rings is 1. The lowest BCUT2D eigenvalue weighted by molar-refractivity contribution is -0.141. The minimum absolute atomic E-state index is 0.0522. The van der Waals surface area contributed by atoms with E-state index in [9.17, 15) is 4.79 Å². The molecule has 1 aromatic rings. The van der Waals surface area contributed by atoms with Crippen molar-refractivity contribution in [3.05, 3.63) is 30.1 Å². The summed E-state index contributed by atoms with van der Waals surface area (Å²) in [6, 6.07) is 5.54. The van der Waals surface area contributed by atoms with E-state index in [0.717, 1.165) is 5.69 Å². The number of aromatic nitrogens is 1. The van der Waals surface area contributed by atoms with Gasteiger partial charge in [0.15, 0.2) is 5.84 Å². The molecule has 0 bridgehead atoms. The number of amides is 1. The Bertz CT molecular complexity index is 512. The molecule has 0 aromatic carbocycles. The second-order valence-electron chi connectivity index (χ2n) is 5.16. The summed E-state index contributed by atoms with van der Waals surface area (Å²) in [4.78, 5) is 18.6. The Morgan fingerprint density at radius 3 is 2.81 bits per heavy atom. The molecule has 21 heavy (non-hydrogen) atoms. The van der Waals surface area contributed by atoms with Crippen LogP contribution >= 0.6 is 0 Å². The summed E-state index contributed by atoms with van der Waals surface area (Å²) in [6.45, 7) is 1.21. The first kappa shape index (κ1) is 15.2. The second kappa shape index (κ2) is 6.53. The maximum atomic E-state index is 12.8. The van der Waals surface area contributed by atoms with E-state index >= 15 is 0 Å². The minimum Gasteiger partial charge on any atom is -0.409 e. The molecule has 1 amide bonds. The van der Waals surface area contributed by atoms with Gasteiger partial charge < -0.3 is 20.6 Å². The summed E-state index contributed by atoms with van der Waals surface area (Å²) in [5.74, 6) is -0.226. The summed E-state index contributed by atoms with van der Waals surface area (Å²) in [7, 11) is 1.69.